The summed E-state index contributed by atoms with van der Waals surface area (Å²) in [5.41, 5.74) is 0. The lowest BCUT2D eigenvalue weighted by molar-refractivity contribution is 0.178. The van der Waals surface area contributed by atoms with Crippen molar-refractivity contribution in [3.8, 4) is 0 Å². The summed E-state index contributed by atoms with van der Waals surface area (Å²) in [4.78, 5) is 2.37. The fraction of sp³-hybridized carbons (Fsp3) is 1.00. The first kappa shape index (κ1) is 15.8. The van der Waals surface area contributed by atoms with E-state index < -0.39 is 0 Å². The van der Waals surface area contributed by atoms with Crippen LogP contribution in [0.2, 0.25) is 0 Å². The molecule has 0 aromatic heterocycles. The van der Waals surface area contributed by atoms with E-state index in [-0.39, 0.29) is 0 Å². The van der Waals surface area contributed by atoms with Crippen molar-refractivity contribution in [2.75, 3.05) is 60.7 Å². The number of methoxy groups -OCH3 is 2. The van der Waals surface area contributed by atoms with Gasteiger partial charge in [0.25, 0.3) is 0 Å². The Morgan fingerprint density at radius 2 is 1.56 bits per heavy atom. The lowest BCUT2D eigenvalue weighted by Gasteiger charge is -2.16. The summed E-state index contributed by atoms with van der Waals surface area (Å²) < 4.78 is 9.98. The maximum atomic E-state index is 5.02. The van der Waals surface area contributed by atoms with Crippen molar-refractivity contribution in [1.29, 1.82) is 0 Å². The number of rotatable bonds is 12. The van der Waals surface area contributed by atoms with Crippen LogP contribution in [0, 0.1) is 0 Å². The van der Waals surface area contributed by atoms with Crippen LogP contribution in [0.3, 0.4) is 0 Å². The molecule has 0 heterocycles. The Labute approximate surface area is 100 Å². The molecule has 4 heteroatoms. The van der Waals surface area contributed by atoms with E-state index in [1.165, 1.54) is 19.4 Å². The number of nitrogens with zero attached hydrogens (tertiary/aromatic N) is 1. The van der Waals surface area contributed by atoms with Crippen molar-refractivity contribution in [3.63, 3.8) is 0 Å². The Kier molecular flexibility index (Phi) is 12.8. The molecule has 0 aliphatic rings. The normalized spacial score (nSPS) is 11.2. The molecule has 1 N–H and O–H groups in total. The fourth-order valence-corrected chi connectivity index (χ4v) is 1.52. The van der Waals surface area contributed by atoms with Crippen LogP contribution in [0.1, 0.15) is 19.3 Å². The second-order valence-electron chi connectivity index (χ2n) is 4.10. The molecule has 0 saturated heterocycles. The van der Waals surface area contributed by atoms with E-state index in [0.717, 1.165) is 39.3 Å². The van der Waals surface area contributed by atoms with Crippen LogP contribution < -0.4 is 5.32 Å². The van der Waals surface area contributed by atoms with E-state index in [4.69, 9.17) is 9.47 Å². The largest absolute Gasteiger partial charge is 0.385 e. The monoisotopic (exact) mass is 232 g/mol. The van der Waals surface area contributed by atoms with Gasteiger partial charge in [-0.25, -0.2) is 0 Å². The highest BCUT2D eigenvalue weighted by Gasteiger charge is 1.97. The van der Waals surface area contributed by atoms with Gasteiger partial charge in [-0.15, -0.1) is 0 Å². The first-order valence-electron chi connectivity index (χ1n) is 6.18. The average Bonchev–Trinajstić information content (AvgIpc) is 2.28. The maximum absolute atomic E-state index is 5.02. The molecule has 0 atom stereocenters. The minimum atomic E-state index is 0.803. The van der Waals surface area contributed by atoms with Gasteiger partial charge in [-0.2, -0.15) is 0 Å². The number of ether oxygens (including phenoxy) is 2. The van der Waals surface area contributed by atoms with Crippen molar-refractivity contribution in [3.05, 3.63) is 0 Å². The Morgan fingerprint density at radius 3 is 2.25 bits per heavy atom. The van der Waals surface area contributed by atoms with Gasteiger partial charge in [0.05, 0.1) is 6.61 Å². The van der Waals surface area contributed by atoms with Crippen LogP contribution >= 0.6 is 0 Å². The Bertz CT molecular complexity index is 134. The van der Waals surface area contributed by atoms with Gasteiger partial charge in [0, 0.05) is 33.9 Å². The molecule has 4 nitrogen and oxygen atoms in total. The average molecular weight is 232 g/mol. The van der Waals surface area contributed by atoms with Gasteiger partial charge in [0.2, 0.25) is 0 Å². The molecule has 0 amide bonds. The summed E-state index contributed by atoms with van der Waals surface area (Å²) in [6.07, 6.45) is 3.61. The third kappa shape index (κ3) is 11.9. The molecule has 0 aromatic rings. The van der Waals surface area contributed by atoms with Crippen molar-refractivity contribution >= 4 is 0 Å². The molecular formula is C12H28N2O2. The molecule has 16 heavy (non-hydrogen) atoms. The predicted molar refractivity (Wildman–Crippen MR) is 68.0 cm³/mol. The van der Waals surface area contributed by atoms with Gasteiger partial charge < -0.3 is 19.7 Å². The number of hydrogen-bond acceptors (Lipinski definition) is 4. The quantitative estimate of drug-likeness (QED) is 0.508. The van der Waals surface area contributed by atoms with Gasteiger partial charge in [-0.1, -0.05) is 0 Å². The molecule has 0 aliphatic heterocycles. The Hall–Kier alpha value is -0.160. The molecule has 0 aromatic carbocycles. The molecule has 0 unspecified atom stereocenters. The third-order valence-corrected chi connectivity index (χ3v) is 2.51. The van der Waals surface area contributed by atoms with Crippen molar-refractivity contribution in [2.45, 2.75) is 19.3 Å². The number of hydrogen-bond donors (Lipinski definition) is 1. The highest BCUT2D eigenvalue weighted by molar-refractivity contribution is 4.54. The second-order valence-corrected chi connectivity index (χ2v) is 4.10. The van der Waals surface area contributed by atoms with E-state index in [1.54, 1.807) is 14.2 Å². The standard InChI is InChI=1S/C12H28N2O2/c1-14(10-6-11-15-2)9-5-4-7-13-8-12-16-3/h13H,4-12H2,1-3H3. The van der Waals surface area contributed by atoms with Crippen molar-refractivity contribution < 1.29 is 9.47 Å². The van der Waals surface area contributed by atoms with Crippen LogP contribution in [-0.2, 0) is 9.47 Å². The predicted octanol–water partition coefficient (Wildman–Crippen LogP) is 0.971. The summed E-state index contributed by atoms with van der Waals surface area (Å²) in [7, 11) is 5.66. The number of unbranched alkanes of at least 4 members (excludes halogenated alkanes) is 1. The van der Waals surface area contributed by atoms with Gasteiger partial charge in [0.15, 0.2) is 0 Å². The minimum absolute atomic E-state index is 0.803. The highest BCUT2D eigenvalue weighted by atomic mass is 16.5. The molecule has 0 rings (SSSR count). The van der Waals surface area contributed by atoms with Crippen LogP contribution in [0.5, 0.6) is 0 Å². The van der Waals surface area contributed by atoms with Crippen LogP contribution in [0.15, 0.2) is 0 Å². The highest BCUT2D eigenvalue weighted by Crippen LogP contribution is 1.93. The molecule has 0 radical (unpaired) electrons. The van der Waals surface area contributed by atoms with E-state index in [1.807, 2.05) is 0 Å². The smallest absolute Gasteiger partial charge is 0.0587 e. The summed E-state index contributed by atoms with van der Waals surface area (Å²) in [5.74, 6) is 0. The van der Waals surface area contributed by atoms with E-state index in [0.29, 0.717) is 0 Å². The summed E-state index contributed by atoms with van der Waals surface area (Å²) in [6.45, 7) is 6.02. The topological polar surface area (TPSA) is 33.7 Å². The maximum Gasteiger partial charge on any atom is 0.0587 e. The lowest BCUT2D eigenvalue weighted by atomic mass is 10.3. The fourth-order valence-electron chi connectivity index (χ4n) is 1.52. The van der Waals surface area contributed by atoms with Gasteiger partial charge in [-0.3, -0.25) is 0 Å². The van der Waals surface area contributed by atoms with Crippen molar-refractivity contribution in [2.24, 2.45) is 0 Å². The zero-order chi connectivity index (χ0) is 12.1. The number of nitrogens with one attached hydrogen (secondary N) is 1. The first-order valence-corrected chi connectivity index (χ1v) is 6.18. The first-order chi connectivity index (χ1) is 7.81. The zero-order valence-corrected chi connectivity index (χ0v) is 11.1. The van der Waals surface area contributed by atoms with Gasteiger partial charge in [0.1, 0.15) is 0 Å². The summed E-state index contributed by atoms with van der Waals surface area (Å²) in [6, 6.07) is 0. The van der Waals surface area contributed by atoms with E-state index in [2.05, 4.69) is 17.3 Å². The van der Waals surface area contributed by atoms with E-state index >= 15 is 0 Å². The van der Waals surface area contributed by atoms with Gasteiger partial charge >= 0.3 is 0 Å². The second kappa shape index (κ2) is 12.9. The molecule has 0 saturated carbocycles. The summed E-state index contributed by atoms with van der Waals surface area (Å²) in [5, 5.41) is 3.35. The molecular weight excluding hydrogens is 204 g/mol. The molecule has 98 valence electrons. The van der Waals surface area contributed by atoms with Crippen LogP contribution in [0.25, 0.3) is 0 Å². The zero-order valence-electron chi connectivity index (χ0n) is 11.1. The van der Waals surface area contributed by atoms with Crippen molar-refractivity contribution in [1.82, 2.24) is 10.2 Å². The minimum Gasteiger partial charge on any atom is -0.385 e. The van der Waals surface area contributed by atoms with E-state index in [9.17, 15) is 0 Å². The third-order valence-electron chi connectivity index (χ3n) is 2.51. The van der Waals surface area contributed by atoms with Gasteiger partial charge in [-0.05, 0) is 39.4 Å². The Morgan fingerprint density at radius 1 is 0.875 bits per heavy atom. The van der Waals surface area contributed by atoms with Crippen LogP contribution in [-0.4, -0.2) is 65.6 Å². The molecule has 0 spiro atoms. The lowest BCUT2D eigenvalue weighted by Crippen LogP contribution is -2.24. The molecule has 0 bridgehead atoms. The molecule has 0 fully saturated rings. The molecule has 0 aliphatic carbocycles. The Balaban J connectivity index is 3.06. The summed E-state index contributed by atoms with van der Waals surface area (Å²) >= 11 is 0. The SMILES string of the molecule is COCCCN(C)CCCCNCCOC. The van der Waals surface area contributed by atoms with Crippen LogP contribution in [0.4, 0.5) is 0 Å².